The van der Waals surface area contributed by atoms with Gasteiger partial charge in [0.1, 0.15) is 0 Å². The Hall–Kier alpha value is -2.35. The first-order chi connectivity index (χ1) is 14.2. The van der Waals surface area contributed by atoms with Crippen LogP contribution in [-0.2, 0) is 4.79 Å². The quantitative estimate of drug-likeness (QED) is 0.783. The van der Waals surface area contributed by atoms with Crippen LogP contribution >= 0.6 is 11.5 Å². The lowest BCUT2D eigenvalue weighted by atomic mass is 9.92. The van der Waals surface area contributed by atoms with Gasteiger partial charge in [-0.1, -0.05) is 42.7 Å². The number of nitrogens with one attached hydrogen (secondary N) is 1. The van der Waals surface area contributed by atoms with E-state index >= 15 is 0 Å². The first kappa shape index (κ1) is 19.9. The van der Waals surface area contributed by atoms with E-state index in [-0.39, 0.29) is 23.9 Å². The van der Waals surface area contributed by atoms with Gasteiger partial charge in [-0.2, -0.15) is 0 Å². The van der Waals surface area contributed by atoms with Crippen molar-refractivity contribution in [2.24, 2.45) is 0 Å². The molecule has 1 N–H and O–H groups in total. The maximum absolute atomic E-state index is 13.5. The molecule has 0 unspecified atom stereocenters. The number of carbonyl (C=O) groups excluding carboxylic acids is 2. The first-order valence-electron chi connectivity index (χ1n) is 10.5. The molecule has 154 valence electrons. The normalized spacial score (nSPS) is 19.0. The smallest absolute Gasteiger partial charge is 0.276 e. The van der Waals surface area contributed by atoms with Crippen LogP contribution < -0.4 is 5.32 Å². The van der Waals surface area contributed by atoms with Gasteiger partial charge >= 0.3 is 0 Å². The average Bonchev–Trinajstić information content (AvgIpc) is 3.47. The summed E-state index contributed by atoms with van der Waals surface area (Å²) in [5.74, 6) is -0.374. The van der Waals surface area contributed by atoms with E-state index in [9.17, 15) is 9.59 Å². The highest BCUT2D eigenvalue weighted by atomic mass is 32.1. The summed E-state index contributed by atoms with van der Waals surface area (Å²) < 4.78 is 3.86. The molecule has 2 amide bonds. The van der Waals surface area contributed by atoms with E-state index in [0.717, 1.165) is 62.9 Å². The van der Waals surface area contributed by atoms with Gasteiger partial charge < -0.3 is 10.2 Å². The summed E-state index contributed by atoms with van der Waals surface area (Å²) >= 11 is 1.15. The molecule has 7 nitrogen and oxygen atoms in total. The first-order valence-corrected chi connectivity index (χ1v) is 11.4. The average molecular weight is 414 g/mol. The third-order valence-corrected chi connectivity index (χ3v) is 6.48. The van der Waals surface area contributed by atoms with E-state index in [0.29, 0.717) is 11.4 Å². The molecule has 0 aliphatic heterocycles. The number of carbonyl (C=O) groups is 2. The van der Waals surface area contributed by atoms with Crippen LogP contribution in [0.3, 0.4) is 0 Å². The van der Waals surface area contributed by atoms with E-state index in [4.69, 9.17) is 0 Å². The molecule has 29 heavy (non-hydrogen) atoms. The molecule has 2 aliphatic carbocycles. The standard InChI is InChI=1S/C21H27N5O2S/c27-20(23-15-8-4-5-9-15)19(17-12-6-7-13-22-17)26(16-10-2-1-3-11-16)21(28)18-14-29-25-24-18/h6-7,12-16,19H,1-5,8-11H2,(H,23,27)/t19-/m1/s1. The highest BCUT2D eigenvalue weighted by Crippen LogP contribution is 2.32. The summed E-state index contributed by atoms with van der Waals surface area (Å²) in [6.07, 6.45) is 11.0. The van der Waals surface area contributed by atoms with Crippen LogP contribution in [0.2, 0.25) is 0 Å². The van der Waals surface area contributed by atoms with Gasteiger partial charge in [0, 0.05) is 23.7 Å². The zero-order valence-electron chi connectivity index (χ0n) is 16.5. The van der Waals surface area contributed by atoms with Crippen LogP contribution in [0.15, 0.2) is 29.8 Å². The van der Waals surface area contributed by atoms with Crippen LogP contribution in [0.1, 0.15) is 80.0 Å². The molecule has 1 atom stereocenters. The molecule has 0 aromatic carbocycles. The SMILES string of the molecule is O=C(NC1CCCC1)[C@@H](c1ccccn1)N(C(=O)c1csnn1)C1CCCCC1. The number of amides is 2. The maximum Gasteiger partial charge on any atom is 0.276 e. The summed E-state index contributed by atoms with van der Waals surface area (Å²) in [6, 6.07) is 4.95. The summed E-state index contributed by atoms with van der Waals surface area (Å²) in [5.41, 5.74) is 0.903. The largest absolute Gasteiger partial charge is 0.351 e. The molecule has 2 aromatic rings. The molecule has 8 heteroatoms. The Labute approximate surface area is 175 Å². The molecular formula is C21H27N5O2S. The molecule has 4 rings (SSSR count). The van der Waals surface area contributed by atoms with Crippen molar-refractivity contribution in [3.8, 4) is 0 Å². The van der Waals surface area contributed by atoms with Gasteiger partial charge in [0.05, 0.1) is 5.69 Å². The van der Waals surface area contributed by atoms with Gasteiger partial charge in [-0.15, -0.1) is 5.10 Å². The lowest BCUT2D eigenvalue weighted by Crippen LogP contribution is -2.51. The molecule has 2 aliphatic rings. The summed E-state index contributed by atoms with van der Waals surface area (Å²) in [4.78, 5) is 33.2. The maximum atomic E-state index is 13.5. The van der Waals surface area contributed by atoms with Gasteiger partial charge in [-0.05, 0) is 49.3 Å². The number of aromatic nitrogens is 3. The molecule has 2 heterocycles. The van der Waals surface area contributed by atoms with Crippen molar-refractivity contribution >= 4 is 23.3 Å². The number of pyridine rings is 1. The van der Waals surface area contributed by atoms with Crippen molar-refractivity contribution in [2.45, 2.75) is 75.9 Å². The van der Waals surface area contributed by atoms with Crippen LogP contribution in [0.5, 0.6) is 0 Å². The van der Waals surface area contributed by atoms with Crippen LogP contribution in [0.4, 0.5) is 0 Å². The second-order valence-electron chi connectivity index (χ2n) is 7.94. The Morgan fingerprint density at radius 1 is 1.07 bits per heavy atom. The lowest BCUT2D eigenvalue weighted by Gasteiger charge is -2.39. The number of nitrogens with zero attached hydrogens (tertiary/aromatic N) is 4. The molecular weight excluding hydrogens is 386 g/mol. The minimum atomic E-state index is -0.755. The monoisotopic (exact) mass is 413 g/mol. The second-order valence-corrected chi connectivity index (χ2v) is 8.55. The van der Waals surface area contributed by atoms with Gasteiger partial charge in [-0.3, -0.25) is 14.6 Å². The fourth-order valence-electron chi connectivity index (χ4n) is 4.53. The third-order valence-electron chi connectivity index (χ3n) is 5.98. The Balaban J connectivity index is 1.70. The molecule has 0 spiro atoms. The molecule has 0 bridgehead atoms. The third kappa shape index (κ3) is 4.63. The predicted molar refractivity (Wildman–Crippen MR) is 110 cm³/mol. The lowest BCUT2D eigenvalue weighted by molar-refractivity contribution is -0.127. The van der Waals surface area contributed by atoms with Gasteiger partial charge in [0.25, 0.3) is 5.91 Å². The Morgan fingerprint density at radius 2 is 1.83 bits per heavy atom. The predicted octanol–water partition coefficient (Wildman–Crippen LogP) is 3.51. The van der Waals surface area contributed by atoms with E-state index in [1.165, 1.54) is 6.42 Å². The molecule has 0 saturated heterocycles. The van der Waals surface area contributed by atoms with Crippen molar-refractivity contribution in [1.82, 2.24) is 24.8 Å². The van der Waals surface area contributed by atoms with Crippen LogP contribution in [0.25, 0.3) is 0 Å². The molecule has 2 aromatic heterocycles. The highest BCUT2D eigenvalue weighted by Gasteiger charge is 2.39. The van der Waals surface area contributed by atoms with Crippen LogP contribution in [0, 0.1) is 0 Å². The number of hydrogen-bond acceptors (Lipinski definition) is 6. The number of rotatable bonds is 6. The fourth-order valence-corrected chi connectivity index (χ4v) is 4.96. The second kappa shape index (κ2) is 9.43. The van der Waals surface area contributed by atoms with Crippen molar-refractivity contribution < 1.29 is 9.59 Å². The number of hydrogen-bond donors (Lipinski definition) is 1. The van der Waals surface area contributed by atoms with E-state index in [1.54, 1.807) is 16.5 Å². The molecule has 0 radical (unpaired) electrons. The van der Waals surface area contributed by atoms with Gasteiger partial charge in [-0.25, -0.2) is 0 Å². The van der Waals surface area contributed by atoms with E-state index < -0.39 is 6.04 Å². The van der Waals surface area contributed by atoms with Gasteiger partial charge in [0.2, 0.25) is 5.91 Å². The zero-order valence-corrected chi connectivity index (χ0v) is 17.3. The van der Waals surface area contributed by atoms with Crippen LogP contribution in [-0.4, -0.2) is 43.4 Å². The molecule has 2 saturated carbocycles. The van der Waals surface area contributed by atoms with E-state index in [1.807, 2.05) is 18.2 Å². The molecule has 2 fully saturated rings. The van der Waals surface area contributed by atoms with Crippen molar-refractivity contribution in [2.75, 3.05) is 0 Å². The summed E-state index contributed by atoms with van der Waals surface area (Å²) in [5, 5.41) is 8.84. The Bertz CT molecular complexity index is 802. The van der Waals surface area contributed by atoms with Crippen molar-refractivity contribution in [1.29, 1.82) is 0 Å². The zero-order chi connectivity index (χ0) is 20.1. The fraction of sp³-hybridized carbons (Fsp3) is 0.571. The topological polar surface area (TPSA) is 88.1 Å². The Kier molecular flexibility index (Phi) is 6.49. The van der Waals surface area contributed by atoms with Crippen molar-refractivity contribution in [3.63, 3.8) is 0 Å². The minimum absolute atomic E-state index is 0.000663. The van der Waals surface area contributed by atoms with Crippen molar-refractivity contribution in [3.05, 3.63) is 41.2 Å². The summed E-state index contributed by atoms with van der Waals surface area (Å²) in [6.45, 7) is 0. The van der Waals surface area contributed by atoms with E-state index in [2.05, 4.69) is 19.9 Å². The van der Waals surface area contributed by atoms with Gasteiger partial charge in [0.15, 0.2) is 11.7 Å². The highest BCUT2D eigenvalue weighted by molar-refractivity contribution is 7.03. The summed E-state index contributed by atoms with van der Waals surface area (Å²) in [7, 11) is 0. The minimum Gasteiger partial charge on any atom is -0.351 e. The Morgan fingerprint density at radius 3 is 2.48 bits per heavy atom.